The molecule has 2 aliphatic carbocycles. The quantitative estimate of drug-likeness (QED) is 0.684. The molecule has 5 heteroatoms. The van der Waals surface area contributed by atoms with Crippen molar-refractivity contribution < 1.29 is 14.3 Å². The van der Waals surface area contributed by atoms with Gasteiger partial charge in [0.15, 0.2) is 6.61 Å². The third kappa shape index (κ3) is 4.88. The highest BCUT2D eigenvalue weighted by atomic mass is 16.5. The monoisotopic (exact) mass is 368 g/mol. The predicted octanol–water partition coefficient (Wildman–Crippen LogP) is 3.92. The van der Waals surface area contributed by atoms with Crippen molar-refractivity contribution in [1.29, 1.82) is 5.26 Å². The number of hydrogen-bond donors (Lipinski definition) is 0. The van der Waals surface area contributed by atoms with E-state index in [-0.39, 0.29) is 24.9 Å². The zero-order valence-electron chi connectivity index (χ0n) is 16.2. The van der Waals surface area contributed by atoms with Crippen molar-refractivity contribution in [2.24, 2.45) is 17.8 Å². The lowest BCUT2D eigenvalue weighted by Crippen LogP contribution is -2.35. The first-order valence-corrected chi connectivity index (χ1v) is 9.87. The molecule has 1 aromatic rings. The third-order valence-corrected chi connectivity index (χ3v) is 5.94. The van der Waals surface area contributed by atoms with Crippen LogP contribution in [0.3, 0.4) is 0 Å². The minimum atomic E-state index is -0.281. The summed E-state index contributed by atoms with van der Waals surface area (Å²) in [4.78, 5) is 26.4. The molecule has 144 valence electrons. The Labute approximate surface area is 161 Å². The average molecular weight is 368 g/mol. The predicted molar refractivity (Wildman–Crippen MR) is 103 cm³/mol. The fraction of sp³-hybridized carbons (Fsp3) is 0.591. The van der Waals surface area contributed by atoms with Crippen molar-refractivity contribution >= 4 is 17.6 Å². The number of rotatable bonds is 7. The second-order valence-corrected chi connectivity index (χ2v) is 8.10. The molecule has 27 heavy (non-hydrogen) atoms. The Hall–Kier alpha value is -2.35. The molecular formula is C22H28N2O3. The highest BCUT2D eigenvalue weighted by Gasteiger charge is 2.40. The van der Waals surface area contributed by atoms with Crippen LogP contribution in [-0.4, -0.2) is 25.0 Å². The molecule has 3 atom stereocenters. The van der Waals surface area contributed by atoms with Gasteiger partial charge in [-0.15, -0.1) is 0 Å². The fourth-order valence-electron chi connectivity index (χ4n) is 4.79. The summed E-state index contributed by atoms with van der Waals surface area (Å²) in [5, 5.41) is 8.91. The van der Waals surface area contributed by atoms with Gasteiger partial charge in [-0.05, 0) is 74.1 Å². The summed E-state index contributed by atoms with van der Waals surface area (Å²) in [5.41, 5.74) is 2.85. The highest BCUT2D eigenvalue weighted by Crippen LogP contribution is 2.49. The van der Waals surface area contributed by atoms with Gasteiger partial charge in [0, 0.05) is 18.7 Å². The van der Waals surface area contributed by atoms with Gasteiger partial charge in [-0.2, -0.15) is 5.26 Å². The molecule has 2 aliphatic rings. The second kappa shape index (κ2) is 8.56. The minimum absolute atomic E-state index is 0.234. The Morgan fingerprint density at radius 1 is 1.19 bits per heavy atom. The first kappa shape index (κ1) is 19.4. The van der Waals surface area contributed by atoms with E-state index in [2.05, 4.69) is 6.07 Å². The number of benzene rings is 1. The summed E-state index contributed by atoms with van der Waals surface area (Å²) in [5.74, 6) is 1.33. The van der Waals surface area contributed by atoms with E-state index in [1.807, 2.05) is 32.0 Å². The number of nitrogens with zero attached hydrogens (tertiary/aromatic N) is 2. The first-order chi connectivity index (χ1) is 13.0. The van der Waals surface area contributed by atoms with Gasteiger partial charge in [-0.3, -0.25) is 9.59 Å². The maximum atomic E-state index is 12.7. The van der Waals surface area contributed by atoms with Gasteiger partial charge >= 0.3 is 5.97 Å². The Morgan fingerprint density at radius 3 is 2.52 bits per heavy atom. The number of hydrogen-bond acceptors (Lipinski definition) is 4. The molecule has 5 nitrogen and oxygen atoms in total. The van der Waals surface area contributed by atoms with Crippen LogP contribution in [0.1, 0.15) is 49.7 Å². The number of aryl methyl sites for hydroxylation is 2. The standard InChI is InChI=1S/C22H28N2O3/c1-15-8-16(2)10-20(9-15)24(7-3-6-23)21(25)14-27-22(26)13-19-12-17-4-5-18(19)11-17/h8-10,17-19H,3-5,7,11-14H2,1-2H3/t17-,18-,19+/m1/s1. The lowest BCUT2D eigenvalue weighted by atomic mass is 9.86. The average Bonchev–Trinajstić information content (AvgIpc) is 3.22. The van der Waals surface area contributed by atoms with Crippen molar-refractivity contribution in [2.75, 3.05) is 18.1 Å². The number of nitriles is 1. The number of esters is 1. The van der Waals surface area contributed by atoms with E-state index in [4.69, 9.17) is 10.00 Å². The molecule has 0 saturated heterocycles. The van der Waals surface area contributed by atoms with E-state index in [9.17, 15) is 9.59 Å². The molecule has 2 bridgehead atoms. The molecule has 3 rings (SSSR count). The van der Waals surface area contributed by atoms with Crippen LogP contribution >= 0.6 is 0 Å². The van der Waals surface area contributed by atoms with Gasteiger partial charge in [0.1, 0.15) is 0 Å². The van der Waals surface area contributed by atoms with Gasteiger partial charge < -0.3 is 9.64 Å². The Kier molecular flexibility index (Phi) is 6.15. The summed E-state index contributed by atoms with van der Waals surface area (Å²) in [6.07, 6.45) is 5.58. The molecule has 1 amide bonds. The van der Waals surface area contributed by atoms with Crippen molar-refractivity contribution in [3.63, 3.8) is 0 Å². The lowest BCUT2D eigenvalue weighted by Gasteiger charge is -2.23. The number of carbonyl (C=O) groups is 2. The largest absolute Gasteiger partial charge is 0.456 e. The highest BCUT2D eigenvalue weighted by molar-refractivity contribution is 5.95. The molecule has 2 saturated carbocycles. The smallest absolute Gasteiger partial charge is 0.306 e. The first-order valence-electron chi connectivity index (χ1n) is 9.87. The second-order valence-electron chi connectivity index (χ2n) is 8.10. The molecular weight excluding hydrogens is 340 g/mol. The molecule has 1 aromatic carbocycles. The topological polar surface area (TPSA) is 70.4 Å². The number of ether oxygens (including phenoxy) is 1. The van der Waals surface area contributed by atoms with E-state index < -0.39 is 0 Å². The zero-order valence-corrected chi connectivity index (χ0v) is 16.2. The zero-order chi connectivity index (χ0) is 19.4. The van der Waals surface area contributed by atoms with Crippen molar-refractivity contribution in [3.8, 4) is 6.07 Å². The van der Waals surface area contributed by atoms with Crippen LogP contribution < -0.4 is 4.90 Å². The number of amides is 1. The van der Waals surface area contributed by atoms with E-state index in [1.54, 1.807) is 4.90 Å². The van der Waals surface area contributed by atoms with Gasteiger partial charge in [0.2, 0.25) is 0 Å². The summed E-state index contributed by atoms with van der Waals surface area (Å²) in [7, 11) is 0. The maximum Gasteiger partial charge on any atom is 0.306 e. The molecule has 2 fully saturated rings. The summed E-state index contributed by atoms with van der Waals surface area (Å²) in [6, 6.07) is 7.94. The van der Waals surface area contributed by atoms with Crippen LogP contribution in [0.2, 0.25) is 0 Å². The van der Waals surface area contributed by atoms with Crippen LogP contribution in [0.5, 0.6) is 0 Å². The van der Waals surface area contributed by atoms with E-state index in [0.29, 0.717) is 24.8 Å². The Bertz CT molecular complexity index is 732. The summed E-state index contributed by atoms with van der Waals surface area (Å²) in [6.45, 7) is 3.97. The third-order valence-electron chi connectivity index (χ3n) is 5.94. The lowest BCUT2D eigenvalue weighted by molar-refractivity contribution is -0.149. The Morgan fingerprint density at radius 2 is 1.93 bits per heavy atom. The maximum absolute atomic E-state index is 12.7. The van der Waals surface area contributed by atoms with Gasteiger partial charge in [0.25, 0.3) is 5.91 Å². The van der Waals surface area contributed by atoms with Crippen LogP contribution in [0.25, 0.3) is 0 Å². The summed E-state index contributed by atoms with van der Waals surface area (Å²) >= 11 is 0. The fourth-order valence-corrected chi connectivity index (χ4v) is 4.79. The SMILES string of the molecule is Cc1cc(C)cc(N(CCC#N)C(=O)COC(=O)C[C@@H]2C[C@@H]3CC[C@@H]2C3)c1. The van der Waals surface area contributed by atoms with Crippen molar-refractivity contribution in [1.82, 2.24) is 0 Å². The number of fused-ring (bicyclic) bond motifs is 2. The van der Waals surface area contributed by atoms with E-state index in [1.165, 1.54) is 19.3 Å². The normalized spacial score (nSPS) is 23.1. The molecule has 0 aromatic heterocycles. The van der Waals surface area contributed by atoms with Gasteiger partial charge in [0.05, 0.1) is 12.5 Å². The van der Waals surface area contributed by atoms with Crippen molar-refractivity contribution in [2.45, 2.75) is 52.4 Å². The number of anilines is 1. The van der Waals surface area contributed by atoms with E-state index in [0.717, 1.165) is 29.2 Å². The van der Waals surface area contributed by atoms with Crippen LogP contribution in [0.15, 0.2) is 18.2 Å². The van der Waals surface area contributed by atoms with Crippen LogP contribution in [-0.2, 0) is 14.3 Å². The molecule has 0 unspecified atom stereocenters. The van der Waals surface area contributed by atoms with Crippen LogP contribution in [0.4, 0.5) is 5.69 Å². The van der Waals surface area contributed by atoms with Crippen molar-refractivity contribution in [3.05, 3.63) is 29.3 Å². The molecule has 0 N–H and O–H groups in total. The number of carbonyl (C=O) groups excluding carboxylic acids is 2. The van der Waals surface area contributed by atoms with Gasteiger partial charge in [-0.25, -0.2) is 0 Å². The minimum Gasteiger partial charge on any atom is -0.456 e. The van der Waals surface area contributed by atoms with E-state index >= 15 is 0 Å². The van der Waals surface area contributed by atoms with Crippen LogP contribution in [0, 0.1) is 42.9 Å². The van der Waals surface area contributed by atoms with Gasteiger partial charge in [-0.1, -0.05) is 12.5 Å². The molecule has 0 radical (unpaired) electrons. The molecule has 0 heterocycles. The molecule has 0 spiro atoms. The summed E-state index contributed by atoms with van der Waals surface area (Å²) < 4.78 is 5.30. The molecule has 0 aliphatic heterocycles. The Balaban J connectivity index is 1.57.